The largest absolute Gasteiger partial charge is 0.375 e. The van der Waals surface area contributed by atoms with Crippen molar-refractivity contribution < 1.29 is 4.39 Å². The first-order chi connectivity index (χ1) is 15.0. The van der Waals surface area contributed by atoms with Gasteiger partial charge in [-0.2, -0.15) is 0 Å². The summed E-state index contributed by atoms with van der Waals surface area (Å²) < 4.78 is 15.9. The van der Waals surface area contributed by atoms with E-state index in [9.17, 15) is 4.39 Å². The molecule has 0 fully saturated rings. The van der Waals surface area contributed by atoms with Crippen LogP contribution in [0.25, 0.3) is 0 Å². The minimum Gasteiger partial charge on any atom is -0.375 e. The standard InChI is InChI=1S/C23H30FN7/c1-18-28-29-22(31(18)3)17-27-23(26-16-19-10-7-8-13-21(19)24)25-14-9-15-30(2)20-11-5-4-6-12-20/h4-8,10-13H,9,14-17H2,1-3H3,(H2,25,26,27). The summed E-state index contributed by atoms with van der Waals surface area (Å²) in [7, 11) is 4.01. The number of guanidine groups is 1. The van der Waals surface area contributed by atoms with Crippen molar-refractivity contribution in [2.45, 2.75) is 26.4 Å². The monoisotopic (exact) mass is 423 g/mol. The number of nitrogens with zero attached hydrogens (tertiary/aromatic N) is 5. The number of aliphatic imine (C=N–C) groups is 1. The van der Waals surface area contributed by atoms with Crippen molar-refractivity contribution in [2.75, 3.05) is 25.0 Å². The van der Waals surface area contributed by atoms with Crippen LogP contribution in [0.3, 0.4) is 0 Å². The molecule has 3 rings (SSSR count). The molecule has 0 bridgehead atoms. The number of hydrogen-bond donors (Lipinski definition) is 2. The number of benzene rings is 2. The topological polar surface area (TPSA) is 70.4 Å². The highest BCUT2D eigenvalue weighted by atomic mass is 19.1. The lowest BCUT2D eigenvalue weighted by Gasteiger charge is -2.19. The molecular weight excluding hydrogens is 393 g/mol. The van der Waals surface area contributed by atoms with Gasteiger partial charge in [0.05, 0.1) is 13.1 Å². The van der Waals surface area contributed by atoms with Crippen molar-refractivity contribution in [1.29, 1.82) is 0 Å². The number of aromatic nitrogens is 3. The van der Waals surface area contributed by atoms with Crippen LogP contribution in [0.2, 0.25) is 0 Å². The van der Waals surface area contributed by atoms with Crippen LogP contribution in [0.4, 0.5) is 10.1 Å². The Balaban J connectivity index is 1.57. The summed E-state index contributed by atoms with van der Waals surface area (Å²) in [5, 5.41) is 14.9. The number of halogens is 1. The van der Waals surface area contributed by atoms with E-state index < -0.39 is 0 Å². The van der Waals surface area contributed by atoms with Gasteiger partial charge in [-0.25, -0.2) is 9.38 Å². The Morgan fingerprint density at radius 2 is 1.81 bits per heavy atom. The lowest BCUT2D eigenvalue weighted by molar-refractivity contribution is 0.610. The molecule has 0 spiro atoms. The maximum Gasteiger partial charge on any atom is 0.191 e. The molecule has 0 radical (unpaired) electrons. The molecular formula is C23H30FN7. The van der Waals surface area contributed by atoms with Gasteiger partial charge in [-0.05, 0) is 31.5 Å². The highest BCUT2D eigenvalue weighted by Gasteiger charge is 2.07. The van der Waals surface area contributed by atoms with Crippen LogP contribution in [-0.4, -0.2) is 40.9 Å². The van der Waals surface area contributed by atoms with Gasteiger partial charge in [0, 0.05) is 38.4 Å². The van der Waals surface area contributed by atoms with E-state index in [1.165, 1.54) is 11.8 Å². The second kappa shape index (κ2) is 11.1. The molecule has 0 amide bonds. The van der Waals surface area contributed by atoms with Crippen LogP contribution in [0.1, 0.15) is 23.6 Å². The van der Waals surface area contributed by atoms with Crippen LogP contribution < -0.4 is 15.5 Å². The molecule has 3 aromatic rings. The minimum atomic E-state index is -0.251. The van der Waals surface area contributed by atoms with Gasteiger partial charge < -0.3 is 20.1 Å². The predicted octanol–water partition coefficient (Wildman–Crippen LogP) is 3.02. The van der Waals surface area contributed by atoms with Gasteiger partial charge in [0.25, 0.3) is 0 Å². The lowest BCUT2D eigenvalue weighted by atomic mass is 10.2. The summed E-state index contributed by atoms with van der Waals surface area (Å²) in [6.45, 7) is 4.28. The van der Waals surface area contributed by atoms with Crippen molar-refractivity contribution in [3.8, 4) is 0 Å². The third-order valence-corrected chi connectivity index (χ3v) is 5.12. The molecule has 1 aromatic heterocycles. The smallest absolute Gasteiger partial charge is 0.191 e. The molecule has 2 N–H and O–H groups in total. The molecule has 0 aliphatic carbocycles. The summed E-state index contributed by atoms with van der Waals surface area (Å²) in [5.41, 5.74) is 1.74. The maximum atomic E-state index is 14.0. The van der Waals surface area contributed by atoms with Crippen LogP contribution in [-0.2, 0) is 20.1 Å². The predicted molar refractivity (Wildman–Crippen MR) is 122 cm³/mol. The number of para-hydroxylation sites is 1. The molecule has 0 saturated heterocycles. The molecule has 0 aliphatic rings. The Morgan fingerprint density at radius 1 is 1.06 bits per heavy atom. The second-order valence-electron chi connectivity index (χ2n) is 7.37. The Kier molecular flexibility index (Phi) is 7.98. The van der Waals surface area contributed by atoms with Gasteiger partial charge in [0.1, 0.15) is 11.6 Å². The van der Waals surface area contributed by atoms with Crippen LogP contribution >= 0.6 is 0 Å². The zero-order valence-corrected chi connectivity index (χ0v) is 18.3. The summed E-state index contributed by atoms with van der Waals surface area (Å²) >= 11 is 0. The van der Waals surface area contributed by atoms with Crippen molar-refractivity contribution in [3.05, 3.63) is 77.6 Å². The van der Waals surface area contributed by atoms with E-state index in [0.717, 1.165) is 31.2 Å². The quantitative estimate of drug-likeness (QED) is 0.315. The highest BCUT2D eigenvalue weighted by Crippen LogP contribution is 2.11. The van der Waals surface area contributed by atoms with Crippen LogP contribution in [0.5, 0.6) is 0 Å². The fraction of sp³-hybridized carbons (Fsp3) is 0.348. The Bertz CT molecular complexity index is 985. The van der Waals surface area contributed by atoms with Gasteiger partial charge in [-0.3, -0.25) is 0 Å². The zero-order valence-electron chi connectivity index (χ0n) is 18.3. The average Bonchev–Trinajstić information content (AvgIpc) is 3.11. The molecule has 0 atom stereocenters. The second-order valence-corrected chi connectivity index (χ2v) is 7.37. The molecule has 0 saturated carbocycles. The first-order valence-corrected chi connectivity index (χ1v) is 10.4. The summed E-state index contributed by atoms with van der Waals surface area (Å²) in [6.07, 6.45) is 0.925. The summed E-state index contributed by atoms with van der Waals surface area (Å²) in [5.74, 6) is 2.02. The van der Waals surface area contributed by atoms with Gasteiger partial charge >= 0.3 is 0 Å². The Hall–Kier alpha value is -3.42. The molecule has 164 valence electrons. The van der Waals surface area contributed by atoms with E-state index in [1.807, 2.05) is 42.8 Å². The van der Waals surface area contributed by atoms with E-state index in [0.29, 0.717) is 18.1 Å². The van der Waals surface area contributed by atoms with E-state index in [4.69, 9.17) is 0 Å². The van der Waals surface area contributed by atoms with Crippen LogP contribution in [0.15, 0.2) is 59.6 Å². The third-order valence-electron chi connectivity index (χ3n) is 5.12. The summed E-state index contributed by atoms with van der Waals surface area (Å²) in [6, 6.07) is 17.0. The highest BCUT2D eigenvalue weighted by molar-refractivity contribution is 5.79. The SMILES string of the molecule is Cc1nnc(CNC(=NCc2ccccc2F)NCCCN(C)c2ccccc2)n1C. The molecule has 31 heavy (non-hydrogen) atoms. The van der Waals surface area contributed by atoms with Crippen molar-refractivity contribution >= 4 is 11.6 Å². The van der Waals surface area contributed by atoms with Crippen molar-refractivity contribution in [2.24, 2.45) is 12.0 Å². The molecule has 0 unspecified atom stereocenters. The fourth-order valence-electron chi connectivity index (χ4n) is 3.07. The van der Waals surface area contributed by atoms with E-state index in [1.54, 1.807) is 12.1 Å². The zero-order chi connectivity index (χ0) is 22.1. The number of hydrogen-bond acceptors (Lipinski definition) is 4. The molecule has 7 nitrogen and oxygen atoms in total. The number of rotatable bonds is 9. The first kappa shape index (κ1) is 22.3. The Labute approximate surface area is 183 Å². The van der Waals surface area contributed by atoms with E-state index >= 15 is 0 Å². The Morgan fingerprint density at radius 3 is 2.52 bits per heavy atom. The van der Waals surface area contributed by atoms with Crippen LogP contribution in [0, 0.1) is 12.7 Å². The van der Waals surface area contributed by atoms with Gasteiger partial charge in [-0.1, -0.05) is 36.4 Å². The normalized spacial score (nSPS) is 11.4. The van der Waals surface area contributed by atoms with Gasteiger partial charge in [0.15, 0.2) is 11.8 Å². The third kappa shape index (κ3) is 6.53. The number of aryl methyl sites for hydroxylation is 1. The molecule has 1 heterocycles. The lowest BCUT2D eigenvalue weighted by Crippen LogP contribution is -2.39. The molecule has 2 aromatic carbocycles. The summed E-state index contributed by atoms with van der Waals surface area (Å²) in [4.78, 5) is 6.78. The maximum absolute atomic E-state index is 14.0. The van der Waals surface area contributed by atoms with Crippen molar-refractivity contribution in [3.63, 3.8) is 0 Å². The average molecular weight is 424 g/mol. The molecule has 0 aliphatic heterocycles. The van der Waals surface area contributed by atoms with E-state index in [-0.39, 0.29) is 12.4 Å². The first-order valence-electron chi connectivity index (χ1n) is 10.4. The van der Waals surface area contributed by atoms with Gasteiger partial charge in [-0.15, -0.1) is 10.2 Å². The van der Waals surface area contributed by atoms with Crippen molar-refractivity contribution in [1.82, 2.24) is 25.4 Å². The van der Waals surface area contributed by atoms with E-state index in [2.05, 4.69) is 49.9 Å². The fourth-order valence-corrected chi connectivity index (χ4v) is 3.07. The minimum absolute atomic E-state index is 0.251. The molecule has 8 heteroatoms. The number of anilines is 1. The number of nitrogens with one attached hydrogen (secondary N) is 2. The van der Waals surface area contributed by atoms with Gasteiger partial charge in [0.2, 0.25) is 0 Å².